The topological polar surface area (TPSA) is 55.1 Å². The first-order chi connectivity index (χ1) is 8.59. The van der Waals surface area contributed by atoms with E-state index in [9.17, 15) is 4.79 Å². The number of aromatic nitrogens is 2. The van der Waals surface area contributed by atoms with Gasteiger partial charge in [0.2, 0.25) is 0 Å². The Balaban J connectivity index is 2.18. The van der Waals surface area contributed by atoms with Crippen LogP contribution in [-0.4, -0.2) is 20.9 Å². The molecule has 0 saturated heterocycles. The van der Waals surface area contributed by atoms with Gasteiger partial charge in [-0.2, -0.15) is 5.10 Å². The molecule has 94 valence electrons. The molecule has 0 fully saturated rings. The van der Waals surface area contributed by atoms with Crippen molar-refractivity contribution in [2.24, 2.45) is 7.05 Å². The summed E-state index contributed by atoms with van der Waals surface area (Å²) in [5.41, 5.74) is 0.973. The second-order valence-corrected chi connectivity index (χ2v) is 5.52. The molecule has 0 aliphatic rings. The van der Waals surface area contributed by atoms with Crippen LogP contribution in [0.4, 0.5) is 0 Å². The summed E-state index contributed by atoms with van der Waals surface area (Å²) < 4.78 is 2.61. The van der Waals surface area contributed by atoms with E-state index in [0.717, 1.165) is 9.37 Å². The molecule has 0 aliphatic carbocycles. The van der Waals surface area contributed by atoms with Crippen LogP contribution in [0.5, 0.6) is 0 Å². The van der Waals surface area contributed by atoms with Crippen molar-refractivity contribution in [2.75, 3.05) is 0 Å². The second kappa shape index (κ2) is 5.58. The molecule has 0 unspecified atom stereocenters. The van der Waals surface area contributed by atoms with Crippen molar-refractivity contribution in [3.05, 3.63) is 46.2 Å². The third-order valence-electron chi connectivity index (χ3n) is 2.49. The van der Waals surface area contributed by atoms with Crippen LogP contribution in [0, 0.1) is 0 Å². The smallest absolute Gasteiger partial charge is 0.339 e. The quantitative estimate of drug-likeness (QED) is 0.877. The van der Waals surface area contributed by atoms with E-state index in [0.29, 0.717) is 11.4 Å². The SMILES string of the molecule is Cn1ncc(C(=O)O)c1CSc1ccccc1Br. The second-order valence-electron chi connectivity index (χ2n) is 3.65. The van der Waals surface area contributed by atoms with Gasteiger partial charge in [0, 0.05) is 22.2 Å². The van der Waals surface area contributed by atoms with E-state index in [-0.39, 0.29) is 5.56 Å². The number of halogens is 1. The highest BCUT2D eigenvalue weighted by atomic mass is 79.9. The highest BCUT2D eigenvalue weighted by Gasteiger charge is 2.15. The highest BCUT2D eigenvalue weighted by Crippen LogP contribution is 2.30. The average Bonchev–Trinajstić information content (AvgIpc) is 2.70. The predicted molar refractivity (Wildman–Crippen MR) is 73.9 cm³/mol. The number of hydrogen-bond donors (Lipinski definition) is 1. The largest absolute Gasteiger partial charge is 0.478 e. The van der Waals surface area contributed by atoms with Gasteiger partial charge in [0.15, 0.2) is 0 Å². The van der Waals surface area contributed by atoms with Crippen LogP contribution in [0.3, 0.4) is 0 Å². The van der Waals surface area contributed by atoms with Crippen LogP contribution >= 0.6 is 27.7 Å². The highest BCUT2D eigenvalue weighted by molar-refractivity contribution is 9.10. The molecule has 4 nitrogen and oxygen atoms in total. The van der Waals surface area contributed by atoms with Crippen molar-refractivity contribution in [2.45, 2.75) is 10.6 Å². The van der Waals surface area contributed by atoms with Crippen molar-refractivity contribution in [1.29, 1.82) is 0 Å². The number of carboxylic acid groups (broad SMARTS) is 1. The molecule has 2 rings (SSSR count). The fourth-order valence-electron chi connectivity index (χ4n) is 1.52. The molecule has 0 radical (unpaired) electrons. The summed E-state index contributed by atoms with van der Waals surface area (Å²) in [6.45, 7) is 0. The Labute approximate surface area is 117 Å². The van der Waals surface area contributed by atoms with Crippen LogP contribution in [0.15, 0.2) is 39.8 Å². The molecule has 0 spiro atoms. The van der Waals surface area contributed by atoms with Gasteiger partial charge in [-0.25, -0.2) is 4.79 Å². The molecule has 0 saturated carbocycles. The summed E-state index contributed by atoms with van der Waals surface area (Å²) in [5.74, 6) is -0.369. The molecule has 0 bridgehead atoms. The van der Waals surface area contributed by atoms with E-state index >= 15 is 0 Å². The Morgan fingerprint density at radius 1 is 1.50 bits per heavy atom. The molecule has 1 N–H and O–H groups in total. The molecule has 1 aromatic heterocycles. The van der Waals surface area contributed by atoms with Gasteiger partial charge < -0.3 is 5.11 Å². The third kappa shape index (κ3) is 2.76. The molecule has 0 aliphatic heterocycles. The first kappa shape index (κ1) is 13.2. The lowest BCUT2D eigenvalue weighted by Gasteiger charge is -2.05. The molecular weight excluding hydrogens is 316 g/mol. The zero-order valence-electron chi connectivity index (χ0n) is 9.63. The maximum Gasteiger partial charge on any atom is 0.339 e. The van der Waals surface area contributed by atoms with Crippen molar-refractivity contribution >= 4 is 33.7 Å². The summed E-state index contributed by atoms with van der Waals surface area (Å²) in [6.07, 6.45) is 1.39. The number of carbonyl (C=O) groups is 1. The number of hydrogen-bond acceptors (Lipinski definition) is 3. The first-order valence-electron chi connectivity index (χ1n) is 5.21. The number of benzene rings is 1. The number of aromatic carboxylic acids is 1. The summed E-state index contributed by atoms with van der Waals surface area (Å²) >= 11 is 5.05. The number of aryl methyl sites for hydroxylation is 1. The van der Waals surface area contributed by atoms with E-state index < -0.39 is 5.97 Å². The molecular formula is C12H11BrN2O2S. The van der Waals surface area contributed by atoms with Gasteiger partial charge >= 0.3 is 5.97 Å². The van der Waals surface area contributed by atoms with Crippen LogP contribution in [-0.2, 0) is 12.8 Å². The molecule has 0 amide bonds. The van der Waals surface area contributed by atoms with Gasteiger partial charge in [0.25, 0.3) is 0 Å². The lowest BCUT2D eigenvalue weighted by molar-refractivity contribution is 0.0696. The van der Waals surface area contributed by atoms with E-state index in [2.05, 4.69) is 21.0 Å². The van der Waals surface area contributed by atoms with Gasteiger partial charge in [-0.1, -0.05) is 12.1 Å². The van der Waals surface area contributed by atoms with Crippen molar-refractivity contribution < 1.29 is 9.90 Å². The Morgan fingerprint density at radius 3 is 2.89 bits per heavy atom. The van der Waals surface area contributed by atoms with Crippen molar-refractivity contribution in [3.8, 4) is 0 Å². The molecule has 0 atom stereocenters. The maximum atomic E-state index is 11.0. The monoisotopic (exact) mass is 326 g/mol. The lowest BCUT2D eigenvalue weighted by Crippen LogP contribution is -2.03. The summed E-state index contributed by atoms with van der Waals surface area (Å²) in [6, 6.07) is 7.85. The van der Waals surface area contributed by atoms with Gasteiger partial charge in [-0.05, 0) is 28.1 Å². The zero-order valence-corrected chi connectivity index (χ0v) is 12.0. The average molecular weight is 327 g/mol. The Kier molecular flexibility index (Phi) is 4.08. The van der Waals surface area contributed by atoms with Gasteiger partial charge in [-0.3, -0.25) is 4.68 Å². The van der Waals surface area contributed by atoms with Crippen LogP contribution < -0.4 is 0 Å². The van der Waals surface area contributed by atoms with E-state index in [4.69, 9.17) is 5.11 Å². The summed E-state index contributed by atoms with van der Waals surface area (Å²) in [7, 11) is 1.75. The fraction of sp³-hybridized carbons (Fsp3) is 0.167. The minimum Gasteiger partial charge on any atom is -0.478 e. The van der Waals surface area contributed by atoms with E-state index in [1.54, 1.807) is 23.5 Å². The number of thioether (sulfide) groups is 1. The standard InChI is InChI=1S/C12H11BrN2O2S/c1-15-10(8(6-14-15)12(16)17)7-18-11-5-3-2-4-9(11)13/h2-6H,7H2,1H3,(H,16,17). The minimum absolute atomic E-state index is 0.261. The maximum absolute atomic E-state index is 11.0. The van der Waals surface area contributed by atoms with E-state index in [1.807, 2.05) is 24.3 Å². The summed E-state index contributed by atoms with van der Waals surface area (Å²) in [4.78, 5) is 12.1. The van der Waals surface area contributed by atoms with Gasteiger partial charge in [-0.15, -0.1) is 11.8 Å². The molecule has 1 heterocycles. The first-order valence-corrected chi connectivity index (χ1v) is 6.99. The molecule has 18 heavy (non-hydrogen) atoms. The molecule has 6 heteroatoms. The molecule has 2 aromatic rings. The van der Waals surface area contributed by atoms with Gasteiger partial charge in [0.05, 0.1) is 11.9 Å². The number of rotatable bonds is 4. The van der Waals surface area contributed by atoms with Crippen LogP contribution in [0.25, 0.3) is 0 Å². The zero-order chi connectivity index (χ0) is 13.1. The van der Waals surface area contributed by atoms with Gasteiger partial charge in [0.1, 0.15) is 5.56 Å². The van der Waals surface area contributed by atoms with Crippen LogP contribution in [0.1, 0.15) is 16.1 Å². The van der Waals surface area contributed by atoms with Crippen LogP contribution in [0.2, 0.25) is 0 Å². The minimum atomic E-state index is -0.939. The van der Waals surface area contributed by atoms with E-state index in [1.165, 1.54) is 6.20 Å². The summed E-state index contributed by atoms with van der Waals surface area (Å²) in [5, 5.41) is 13.0. The third-order valence-corrected chi connectivity index (χ3v) is 4.53. The number of nitrogens with zero attached hydrogens (tertiary/aromatic N) is 2. The number of carboxylic acids is 1. The predicted octanol–water partition coefficient (Wildman–Crippen LogP) is 3.17. The van der Waals surface area contributed by atoms with Crippen molar-refractivity contribution in [3.63, 3.8) is 0 Å². The van der Waals surface area contributed by atoms with Crippen molar-refractivity contribution in [1.82, 2.24) is 9.78 Å². The Morgan fingerprint density at radius 2 is 2.22 bits per heavy atom. The lowest BCUT2D eigenvalue weighted by atomic mass is 10.3. The molecule has 1 aromatic carbocycles. The normalized spacial score (nSPS) is 10.6. The Hall–Kier alpha value is -1.27. The Bertz CT molecular complexity index is 583. The fourth-order valence-corrected chi connectivity index (χ4v) is 3.16.